The maximum Gasteiger partial charge on any atom is 0.183 e. The van der Waals surface area contributed by atoms with E-state index in [1.807, 2.05) is 13.0 Å². The summed E-state index contributed by atoms with van der Waals surface area (Å²) in [5.74, 6) is 0. The van der Waals surface area contributed by atoms with Crippen LogP contribution >= 0.6 is 11.3 Å². The monoisotopic (exact) mass is 268 g/mol. The fourth-order valence-electron chi connectivity index (χ4n) is 1.51. The zero-order valence-electron chi connectivity index (χ0n) is 10.2. The lowest BCUT2D eigenvalue weighted by atomic mass is 10.2. The van der Waals surface area contributed by atoms with E-state index >= 15 is 0 Å². The molecule has 1 aromatic carbocycles. The average Bonchev–Trinajstić information content (AvgIpc) is 2.70. The molecule has 0 radical (unpaired) electrons. The maximum absolute atomic E-state index is 11.2. The molecule has 2 aromatic rings. The van der Waals surface area contributed by atoms with E-state index in [9.17, 15) is 4.21 Å². The molecule has 0 saturated heterocycles. The molecule has 0 aliphatic rings. The number of benzene rings is 1. The Kier molecular flexibility index (Phi) is 3.79. The number of hydrogen-bond donors (Lipinski definition) is 1. The van der Waals surface area contributed by atoms with Gasteiger partial charge >= 0.3 is 0 Å². The van der Waals surface area contributed by atoms with Crippen molar-refractivity contribution < 1.29 is 4.21 Å². The highest BCUT2D eigenvalue weighted by Crippen LogP contribution is 2.27. The number of anilines is 1. The molecule has 92 valence electrons. The van der Waals surface area contributed by atoms with Gasteiger partial charge in [0.25, 0.3) is 0 Å². The van der Waals surface area contributed by atoms with Crippen LogP contribution in [0.2, 0.25) is 0 Å². The maximum atomic E-state index is 11.2. The summed E-state index contributed by atoms with van der Waals surface area (Å²) in [6.07, 6.45) is 1.73. The van der Waals surface area contributed by atoms with E-state index in [4.69, 9.17) is 0 Å². The number of fused-ring (bicyclic) bond motifs is 1. The first kappa shape index (κ1) is 12.5. The van der Waals surface area contributed by atoms with Gasteiger partial charge < -0.3 is 5.32 Å². The fourth-order valence-corrected chi connectivity index (χ4v) is 2.78. The summed E-state index contributed by atoms with van der Waals surface area (Å²) < 4.78 is 12.4. The molecule has 0 bridgehead atoms. The summed E-state index contributed by atoms with van der Waals surface area (Å²) in [6.45, 7) is 4.74. The molecule has 0 fully saturated rings. The van der Waals surface area contributed by atoms with Crippen LogP contribution in [-0.2, 0) is 10.8 Å². The van der Waals surface area contributed by atoms with E-state index in [2.05, 4.69) is 29.4 Å². The first-order valence-corrected chi connectivity index (χ1v) is 7.94. The van der Waals surface area contributed by atoms with Gasteiger partial charge in [0.15, 0.2) is 5.13 Å². The van der Waals surface area contributed by atoms with Crippen LogP contribution in [0, 0.1) is 6.92 Å². The van der Waals surface area contributed by atoms with Crippen molar-refractivity contribution in [2.45, 2.75) is 19.1 Å². The molecule has 0 aliphatic heterocycles. The number of para-hydroxylation sites is 1. The molecule has 1 heterocycles. The molecule has 2 unspecified atom stereocenters. The van der Waals surface area contributed by atoms with Gasteiger partial charge in [-0.3, -0.25) is 4.21 Å². The van der Waals surface area contributed by atoms with Crippen molar-refractivity contribution in [2.24, 2.45) is 0 Å². The first-order chi connectivity index (χ1) is 8.08. The van der Waals surface area contributed by atoms with Gasteiger partial charge in [-0.05, 0) is 25.5 Å². The Bertz CT molecular complexity index is 550. The van der Waals surface area contributed by atoms with Crippen molar-refractivity contribution >= 4 is 37.5 Å². The predicted octanol–water partition coefficient (Wildman–Crippen LogP) is 2.78. The smallest absolute Gasteiger partial charge is 0.183 e. The van der Waals surface area contributed by atoms with Crippen molar-refractivity contribution in [3.05, 3.63) is 23.8 Å². The molecule has 0 amide bonds. The summed E-state index contributed by atoms with van der Waals surface area (Å²) >= 11 is 1.64. The minimum atomic E-state index is -0.792. The number of nitrogens with zero attached hydrogens (tertiary/aromatic N) is 1. The Balaban J connectivity index is 2.15. The molecule has 1 aromatic heterocycles. The Morgan fingerprint density at radius 2 is 2.29 bits per heavy atom. The van der Waals surface area contributed by atoms with Gasteiger partial charge in [0.1, 0.15) is 0 Å². The Morgan fingerprint density at radius 1 is 1.53 bits per heavy atom. The van der Waals surface area contributed by atoms with Gasteiger partial charge in [0, 0.05) is 28.9 Å². The lowest BCUT2D eigenvalue weighted by Gasteiger charge is -2.07. The van der Waals surface area contributed by atoms with Gasteiger partial charge in [-0.15, -0.1) is 0 Å². The number of rotatable bonds is 4. The average molecular weight is 268 g/mol. The van der Waals surface area contributed by atoms with Crippen LogP contribution < -0.4 is 5.32 Å². The standard InChI is InChI=1S/C12H16N2OS2/c1-8-5-4-6-10-11(8)14-12(16-10)13-7-9(2)17(3)15/h4-6,9H,7H2,1-3H3,(H,13,14). The van der Waals surface area contributed by atoms with E-state index in [-0.39, 0.29) is 5.25 Å². The molecule has 0 aliphatic carbocycles. The van der Waals surface area contributed by atoms with Gasteiger partial charge in [0.05, 0.1) is 10.2 Å². The molecular formula is C12H16N2OS2. The lowest BCUT2D eigenvalue weighted by molar-refractivity contribution is 0.679. The summed E-state index contributed by atoms with van der Waals surface area (Å²) in [7, 11) is -0.792. The molecular weight excluding hydrogens is 252 g/mol. The van der Waals surface area contributed by atoms with Gasteiger partial charge in [-0.2, -0.15) is 0 Å². The van der Waals surface area contributed by atoms with E-state index in [0.29, 0.717) is 6.54 Å². The second-order valence-corrected chi connectivity index (χ2v) is 6.96. The van der Waals surface area contributed by atoms with E-state index in [1.165, 1.54) is 10.3 Å². The second kappa shape index (κ2) is 5.14. The topological polar surface area (TPSA) is 42.0 Å². The van der Waals surface area contributed by atoms with Crippen molar-refractivity contribution in [2.75, 3.05) is 18.1 Å². The molecule has 17 heavy (non-hydrogen) atoms. The molecule has 0 saturated carbocycles. The van der Waals surface area contributed by atoms with Gasteiger partial charge in [-0.1, -0.05) is 23.5 Å². The summed E-state index contributed by atoms with van der Waals surface area (Å²) in [5.41, 5.74) is 2.25. The zero-order valence-corrected chi connectivity index (χ0v) is 11.8. The van der Waals surface area contributed by atoms with Crippen LogP contribution in [0.25, 0.3) is 10.2 Å². The number of thiazole rings is 1. The van der Waals surface area contributed by atoms with Crippen LogP contribution in [0.3, 0.4) is 0 Å². The molecule has 3 nitrogen and oxygen atoms in total. The van der Waals surface area contributed by atoms with Crippen LogP contribution in [0.1, 0.15) is 12.5 Å². The predicted molar refractivity (Wildman–Crippen MR) is 76.4 cm³/mol. The lowest BCUT2D eigenvalue weighted by Crippen LogP contribution is -2.20. The minimum Gasteiger partial charge on any atom is -0.360 e. The highest BCUT2D eigenvalue weighted by atomic mass is 32.2. The number of aryl methyl sites for hydroxylation is 1. The zero-order chi connectivity index (χ0) is 12.4. The van der Waals surface area contributed by atoms with Gasteiger partial charge in [0.2, 0.25) is 0 Å². The summed E-state index contributed by atoms with van der Waals surface area (Å²) in [5, 5.41) is 4.31. The Hall–Kier alpha value is -0.940. The normalized spacial score (nSPS) is 14.8. The fraction of sp³-hybridized carbons (Fsp3) is 0.417. The molecule has 2 rings (SSSR count). The van der Waals surface area contributed by atoms with Crippen molar-refractivity contribution in [1.29, 1.82) is 0 Å². The summed E-state index contributed by atoms with van der Waals surface area (Å²) in [4.78, 5) is 4.55. The molecule has 2 atom stereocenters. The molecule has 0 spiro atoms. The van der Waals surface area contributed by atoms with Crippen molar-refractivity contribution in [1.82, 2.24) is 4.98 Å². The SMILES string of the molecule is Cc1cccc2sc(NCC(C)S(C)=O)nc12. The quantitative estimate of drug-likeness (QED) is 0.927. The Labute approximate surface area is 108 Å². The van der Waals surface area contributed by atoms with Crippen molar-refractivity contribution in [3.8, 4) is 0 Å². The summed E-state index contributed by atoms with van der Waals surface area (Å²) in [6, 6.07) is 6.19. The third kappa shape index (κ3) is 2.84. The minimum absolute atomic E-state index is 0.142. The van der Waals surface area contributed by atoms with Crippen LogP contribution in [0.4, 0.5) is 5.13 Å². The molecule has 1 N–H and O–H groups in total. The third-order valence-electron chi connectivity index (χ3n) is 2.73. The van der Waals surface area contributed by atoms with Crippen LogP contribution in [-0.4, -0.2) is 27.2 Å². The first-order valence-electron chi connectivity index (χ1n) is 5.50. The van der Waals surface area contributed by atoms with Gasteiger partial charge in [-0.25, -0.2) is 4.98 Å². The van der Waals surface area contributed by atoms with Crippen LogP contribution in [0.15, 0.2) is 18.2 Å². The number of aromatic nitrogens is 1. The molecule has 5 heteroatoms. The third-order valence-corrected chi connectivity index (χ3v) is 5.01. The highest BCUT2D eigenvalue weighted by molar-refractivity contribution is 7.84. The Morgan fingerprint density at radius 3 is 2.94 bits per heavy atom. The van der Waals surface area contributed by atoms with Crippen molar-refractivity contribution in [3.63, 3.8) is 0 Å². The van der Waals surface area contributed by atoms with Crippen LogP contribution in [0.5, 0.6) is 0 Å². The highest BCUT2D eigenvalue weighted by Gasteiger charge is 2.09. The largest absolute Gasteiger partial charge is 0.360 e. The number of nitrogens with one attached hydrogen (secondary N) is 1. The van der Waals surface area contributed by atoms with E-state index in [1.54, 1.807) is 17.6 Å². The van der Waals surface area contributed by atoms with E-state index in [0.717, 1.165) is 10.6 Å². The second-order valence-electron chi connectivity index (χ2n) is 4.13. The number of hydrogen-bond acceptors (Lipinski definition) is 4. The van der Waals surface area contributed by atoms with E-state index < -0.39 is 10.8 Å².